The molecule has 2 aliphatic carbocycles. The molecule has 1 saturated heterocycles. The van der Waals surface area contributed by atoms with Crippen LogP contribution in [0.2, 0.25) is 0 Å². The molecule has 1 aromatic carbocycles. The summed E-state index contributed by atoms with van der Waals surface area (Å²) in [6, 6.07) is 7.12. The number of hydrogen-bond donors (Lipinski definition) is 1. The zero-order valence-electron chi connectivity index (χ0n) is 13.0. The maximum absolute atomic E-state index is 9.77. The molecule has 4 heteroatoms. The van der Waals surface area contributed by atoms with Crippen molar-refractivity contribution in [2.75, 3.05) is 7.11 Å². The molecule has 22 heavy (non-hydrogen) atoms. The van der Waals surface area contributed by atoms with Crippen LogP contribution in [0.15, 0.2) is 24.3 Å². The van der Waals surface area contributed by atoms with Crippen molar-refractivity contribution < 1.29 is 19.6 Å². The smallest absolute Gasteiger partial charge is 0.257 e. The molecule has 120 valence electrons. The van der Waals surface area contributed by atoms with E-state index in [1.165, 1.54) is 38.5 Å². The second-order valence-corrected chi connectivity index (χ2v) is 7.15. The number of rotatable bonds is 3. The molecule has 0 amide bonds. The summed E-state index contributed by atoms with van der Waals surface area (Å²) in [5.41, 5.74) is 0.835. The second kappa shape index (κ2) is 5.52. The van der Waals surface area contributed by atoms with Crippen molar-refractivity contribution in [2.24, 2.45) is 17.8 Å². The van der Waals surface area contributed by atoms with Crippen LogP contribution in [-0.4, -0.2) is 18.3 Å². The van der Waals surface area contributed by atoms with Gasteiger partial charge in [-0.1, -0.05) is 31.4 Å². The Morgan fingerprint density at radius 3 is 2.55 bits per heavy atom. The Labute approximate surface area is 131 Å². The number of fused-ring (bicyclic) bond motifs is 2. The third-order valence-electron chi connectivity index (χ3n) is 5.79. The molecule has 4 unspecified atom stereocenters. The van der Waals surface area contributed by atoms with Crippen LogP contribution < -0.4 is 0 Å². The van der Waals surface area contributed by atoms with Gasteiger partial charge in [-0.2, -0.15) is 4.89 Å². The minimum Gasteiger partial charge on any atom is -0.508 e. The summed E-state index contributed by atoms with van der Waals surface area (Å²) >= 11 is 0. The average Bonchev–Trinajstić information content (AvgIpc) is 2.47. The van der Waals surface area contributed by atoms with Gasteiger partial charge in [0.15, 0.2) is 6.10 Å². The van der Waals surface area contributed by atoms with E-state index in [0.717, 1.165) is 17.4 Å². The Bertz CT molecular complexity index is 530. The maximum Gasteiger partial charge on any atom is 0.257 e. The van der Waals surface area contributed by atoms with E-state index in [4.69, 9.17) is 14.5 Å². The summed E-state index contributed by atoms with van der Waals surface area (Å²) in [6.45, 7) is 0. The van der Waals surface area contributed by atoms with Gasteiger partial charge in [-0.05, 0) is 49.1 Å². The molecule has 2 saturated carbocycles. The van der Waals surface area contributed by atoms with Crippen molar-refractivity contribution in [1.82, 2.24) is 0 Å². The number of hydrogen-bond acceptors (Lipinski definition) is 4. The monoisotopic (exact) mass is 304 g/mol. The molecular weight excluding hydrogens is 280 g/mol. The summed E-state index contributed by atoms with van der Waals surface area (Å²) in [4.78, 5) is 11.0. The van der Waals surface area contributed by atoms with E-state index in [1.807, 2.05) is 12.1 Å². The fourth-order valence-electron chi connectivity index (χ4n) is 4.81. The molecule has 2 bridgehead atoms. The van der Waals surface area contributed by atoms with Gasteiger partial charge in [0.2, 0.25) is 0 Å². The standard InChI is InChI=1S/C18H24O4/c1-20-18(15-6-3-7-16(19)11-15)17(21-22-18)14-9-12-4-2-5-13(8-12)10-14/h3,6-7,11-14,17,19H,2,4-5,8-10H2,1H3. The number of phenolic OH excluding ortho intramolecular Hbond substituents is 1. The highest BCUT2D eigenvalue weighted by Crippen LogP contribution is 2.52. The lowest BCUT2D eigenvalue weighted by Gasteiger charge is -2.52. The first kappa shape index (κ1) is 14.5. The summed E-state index contributed by atoms with van der Waals surface area (Å²) in [7, 11) is 1.66. The molecule has 4 rings (SSSR count). The van der Waals surface area contributed by atoms with E-state index >= 15 is 0 Å². The Morgan fingerprint density at radius 2 is 1.95 bits per heavy atom. The van der Waals surface area contributed by atoms with Crippen molar-refractivity contribution in [1.29, 1.82) is 0 Å². The van der Waals surface area contributed by atoms with Crippen molar-refractivity contribution in [3.8, 4) is 5.75 Å². The number of phenols is 1. The van der Waals surface area contributed by atoms with E-state index in [0.29, 0.717) is 5.92 Å². The Morgan fingerprint density at radius 1 is 1.18 bits per heavy atom. The highest BCUT2D eigenvalue weighted by molar-refractivity contribution is 5.32. The van der Waals surface area contributed by atoms with Crippen molar-refractivity contribution in [3.05, 3.63) is 29.8 Å². The van der Waals surface area contributed by atoms with Gasteiger partial charge in [0.1, 0.15) is 5.75 Å². The van der Waals surface area contributed by atoms with Crippen molar-refractivity contribution in [3.63, 3.8) is 0 Å². The number of methoxy groups -OCH3 is 1. The van der Waals surface area contributed by atoms with Crippen LogP contribution in [-0.2, 0) is 20.3 Å². The third-order valence-corrected chi connectivity index (χ3v) is 5.79. The number of benzene rings is 1. The van der Waals surface area contributed by atoms with Crippen LogP contribution in [0.25, 0.3) is 0 Å². The fourth-order valence-corrected chi connectivity index (χ4v) is 4.81. The van der Waals surface area contributed by atoms with E-state index in [9.17, 15) is 5.11 Å². The number of aromatic hydroxyl groups is 1. The van der Waals surface area contributed by atoms with Gasteiger partial charge >= 0.3 is 0 Å². The van der Waals surface area contributed by atoms with E-state index in [-0.39, 0.29) is 11.9 Å². The molecule has 3 aliphatic rings. The van der Waals surface area contributed by atoms with Crippen molar-refractivity contribution in [2.45, 2.75) is 50.4 Å². The minimum atomic E-state index is -0.866. The third kappa shape index (κ3) is 2.25. The number of ether oxygens (including phenoxy) is 1. The van der Waals surface area contributed by atoms with Crippen LogP contribution in [0.4, 0.5) is 0 Å². The van der Waals surface area contributed by atoms with Gasteiger partial charge in [0.05, 0.1) is 0 Å². The van der Waals surface area contributed by atoms with E-state index < -0.39 is 5.79 Å². The Hall–Kier alpha value is -1.10. The van der Waals surface area contributed by atoms with Crippen LogP contribution in [0, 0.1) is 17.8 Å². The lowest BCUT2D eigenvalue weighted by atomic mass is 9.65. The SMILES string of the molecule is COC1(c2cccc(O)c2)OOC1C1CC2CCCC(C2)C1. The highest BCUT2D eigenvalue weighted by Gasteiger charge is 2.58. The average molecular weight is 304 g/mol. The normalized spacial score (nSPS) is 41.0. The van der Waals surface area contributed by atoms with E-state index in [1.54, 1.807) is 19.2 Å². The van der Waals surface area contributed by atoms with Crippen LogP contribution in [0.1, 0.15) is 44.1 Å². The first-order chi connectivity index (χ1) is 10.7. The fraction of sp³-hybridized carbons (Fsp3) is 0.667. The van der Waals surface area contributed by atoms with E-state index in [2.05, 4.69) is 0 Å². The quantitative estimate of drug-likeness (QED) is 0.864. The first-order valence-electron chi connectivity index (χ1n) is 8.40. The molecule has 1 aliphatic heterocycles. The molecule has 0 spiro atoms. The van der Waals surface area contributed by atoms with Crippen LogP contribution in [0.3, 0.4) is 0 Å². The molecule has 3 fully saturated rings. The predicted molar refractivity (Wildman–Crippen MR) is 80.9 cm³/mol. The zero-order valence-corrected chi connectivity index (χ0v) is 13.0. The van der Waals surface area contributed by atoms with Gasteiger partial charge < -0.3 is 9.84 Å². The first-order valence-corrected chi connectivity index (χ1v) is 8.40. The van der Waals surface area contributed by atoms with Gasteiger partial charge in [-0.15, -0.1) is 0 Å². The lowest BCUT2D eigenvalue weighted by molar-refractivity contribution is -0.588. The van der Waals surface area contributed by atoms with Gasteiger partial charge in [0, 0.05) is 12.7 Å². The summed E-state index contributed by atoms with van der Waals surface area (Å²) < 4.78 is 5.74. The Balaban J connectivity index is 1.59. The molecule has 0 radical (unpaired) electrons. The summed E-state index contributed by atoms with van der Waals surface area (Å²) in [5.74, 6) is 1.50. The van der Waals surface area contributed by atoms with Gasteiger partial charge in [0.25, 0.3) is 5.79 Å². The topological polar surface area (TPSA) is 47.9 Å². The molecule has 1 N–H and O–H groups in total. The van der Waals surface area contributed by atoms with Crippen LogP contribution in [0.5, 0.6) is 5.75 Å². The molecule has 4 atom stereocenters. The summed E-state index contributed by atoms with van der Waals surface area (Å²) in [6.07, 6.45) is 7.80. The predicted octanol–water partition coefficient (Wildman–Crippen LogP) is 3.74. The Kier molecular flexibility index (Phi) is 3.63. The second-order valence-electron chi connectivity index (χ2n) is 7.15. The largest absolute Gasteiger partial charge is 0.508 e. The zero-order chi connectivity index (χ0) is 15.2. The minimum absolute atomic E-state index is 0.0808. The van der Waals surface area contributed by atoms with Gasteiger partial charge in [-0.25, -0.2) is 4.89 Å². The highest BCUT2D eigenvalue weighted by atomic mass is 17.3. The van der Waals surface area contributed by atoms with Crippen LogP contribution >= 0.6 is 0 Å². The molecule has 0 aromatic heterocycles. The molecule has 4 nitrogen and oxygen atoms in total. The maximum atomic E-state index is 9.77. The molecule has 1 aromatic rings. The lowest BCUT2D eigenvalue weighted by Crippen LogP contribution is -2.59. The molecule has 1 heterocycles. The molecular formula is C18H24O4. The summed E-state index contributed by atoms with van der Waals surface area (Å²) in [5, 5.41) is 9.77. The van der Waals surface area contributed by atoms with Crippen molar-refractivity contribution >= 4 is 0 Å². The van der Waals surface area contributed by atoms with Gasteiger partial charge in [-0.3, -0.25) is 0 Å².